The SMILES string of the molecule is CCNC(=NCC(C)(O)c1ccco1)NCCOc1ccc(C)cc1. The molecule has 2 rings (SSSR count). The highest BCUT2D eigenvalue weighted by molar-refractivity contribution is 5.79. The summed E-state index contributed by atoms with van der Waals surface area (Å²) in [5.74, 6) is 1.96. The lowest BCUT2D eigenvalue weighted by atomic mass is 10.0. The maximum Gasteiger partial charge on any atom is 0.191 e. The van der Waals surface area contributed by atoms with Gasteiger partial charge in [0.15, 0.2) is 5.96 Å². The lowest BCUT2D eigenvalue weighted by Crippen LogP contribution is -2.40. The molecule has 0 fully saturated rings. The van der Waals surface area contributed by atoms with Crippen LogP contribution in [0.2, 0.25) is 0 Å². The van der Waals surface area contributed by atoms with Gasteiger partial charge in [0.2, 0.25) is 0 Å². The zero-order chi connectivity index (χ0) is 18.1. The molecule has 0 bridgehead atoms. The van der Waals surface area contributed by atoms with E-state index in [2.05, 4.69) is 15.6 Å². The fourth-order valence-corrected chi connectivity index (χ4v) is 2.21. The number of hydrogen-bond acceptors (Lipinski definition) is 4. The third kappa shape index (κ3) is 6.15. The van der Waals surface area contributed by atoms with Crippen molar-refractivity contribution in [3.8, 4) is 5.75 Å². The van der Waals surface area contributed by atoms with E-state index in [1.165, 1.54) is 5.56 Å². The third-order valence-electron chi connectivity index (χ3n) is 3.63. The molecule has 1 aromatic carbocycles. The molecule has 6 nitrogen and oxygen atoms in total. The summed E-state index contributed by atoms with van der Waals surface area (Å²) in [5.41, 5.74) is 0.0557. The largest absolute Gasteiger partial charge is 0.492 e. The van der Waals surface area contributed by atoms with Gasteiger partial charge in [-0.25, -0.2) is 4.99 Å². The highest BCUT2D eigenvalue weighted by Crippen LogP contribution is 2.21. The topological polar surface area (TPSA) is 79.0 Å². The van der Waals surface area contributed by atoms with Gasteiger partial charge in [0.05, 0.1) is 19.4 Å². The predicted octanol–water partition coefficient (Wildman–Crippen LogP) is 2.43. The number of guanidine groups is 1. The normalized spacial score (nSPS) is 14.0. The third-order valence-corrected chi connectivity index (χ3v) is 3.63. The van der Waals surface area contributed by atoms with E-state index in [0.29, 0.717) is 24.9 Å². The lowest BCUT2D eigenvalue weighted by Gasteiger charge is -2.19. The molecule has 6 heteroatoms. The van der Waals surface area contributed by atoms with E-state index in [-0.39, 0.29) is 6.54 Å². The highest BCUT2D eigenvalue weighted by atomic mass is 16.5. The van der Waals surface area contributed by atoms with E-state index < -0.39 is 5.60 Å². The number of rotatable bonds is 8. The van der Waals surface area contributed by atoms with Crippen LogP contribution in [0.15, 0.2) is 52.1 Å². The predicted molar refractivity (Wildman–Crippen MR) is 98.9 cm³/mol. The molecule has 0 saturated carbocycles. The summed E-state index contributed by atoms with van der Waals surface area (Å²) in [5, 5.41) is 16.8. The fourth-order valence-electron chi connectivity index (χ4n) is 2.21. The second-order valence-electron chi connectivity index (χ2n) is 6.03. The second-order valence-corrected chi connectivity index (χ2v) is 6.03. The summed E-state index contributed by atoms with van der Waals surface area (Å²) < 4.78 is 11.0. The van der Waals surface area contributed by atoms with Crippen LogP contribution >= 0.6 is 0 Å². The lowest BCUT2D eigenvalue weighted by molar-refractivity contribution is 0.0437. The monoisotopic (exact) mass is 345 g/mol. The van der Waals surface area contributed by atoms with Crippen molar-refractivity contribution in [2.45, 2.75) is 26.4 Å². The second kappa shape index (κ2) is 9.13. The van der Waals surface area contributed by atoms with Crippen molar-refractivity contribution in [1.82, 2.24) is 10.6 Å². The minimum atomic E-state index is -1.15. The van der Waals surface area contributed by atoms with Gasteiger partial charge in [0, 0.05) is 6.54 Å². The highest BCUT2D eigenvalue weighted by Gasteiger charge is 2.25. The van der Waals surface area contributed by atoms with E-state index in [1.807, 2.05) is 38.1 Å². The van der Waals surface area contributed by atoms with Crippen LogP contribution in [0.4, 0.5) is 0 Å². The minimum absolute atomic E-state index is 0.189. The molecule has 0 saturated heterocycles. The van der Waals surface area contributed by atoms with Crippen molar-refractivity contribution in [3.05, 3.63) is 54.0 Å². The average molecular weight is 345 g/mol. The van der Waals surface area contributed by atoms with E-state index in [4.69, 9.17) is 9.15 Å². The molecule has 136 valence electrons. The molecule has 0 amide bonds. The van der Waals surface area contributed by atoms with Crippen LogP contribution in [0.25, 0.3) is 0 Å². The summed E-state index contributed by atoms with van der Waals surface area (Å²) >= 11 is 0. The summed E-state index contributed by atoms with van der Waals surface area (Å²) in [6.45, 7) is 7.75. The standard InChI is InChI=1S/C19H27N3O3/c1-4-20-18(22-14-19(3,23)17-6-5-12-25-17)21-11-13-24-16-9-7-15(2)8-10-16/h5-10,12,23H,4,11,13-14H2,1-3H3,(H2,20,21,22). The number of nitrogens with one attached hydrogen (secondary N) is 2. The quantitative estimate of drug-likeness (QED) is 0.389. The van der Waals surface area contributed by atoms with E-state index in [0.717, 1.165) is 12.3 Å². The van der Waals surface area contributed by atoms with E-state index in [1.54, 1.807) is 25.3 Å². The number of furan rings is 1. The van der Waals surface area contributed by atoms with Crippen LogP contribution in [-0.4, -0.2) is 37.3 Å². The van der Waals surface area contributed by atoms with E-state index in [9.17, 15) is 5.11 Å². The van der Waals surface area contributed by atoms with Gasteiger partial charge in [-0.1, -0.05) is 17.7 Å². The van der Waals surface area contributed by atoms with Gasteiger partial charge < -0.3 is 24.9 Å². The van der Waals surface area contributed by atoms with Crippen LogP contribution < -0.4 is 15.4 Å². The minimum Gasteiger partial charge on any atom is -0.492 e. The van der Waals surface area contributed by atoms with Gasteiger partial charge in [0.1, 0.15) is 23.7 Å². The van der Waals surface area contributed by atoms with Crippen LogP contribution in [0.1, 0.15) is 25.2 Å². The van der Waals surface area contributed by atoms with Crippen LogP contribution in [0.5, 0.6) is 5.75 Å². The zero-order valence-corrected chi connectivity index (χ0v) is 15.1. The molecule has 0 aliphatic carbocycles. The van der Waals surface area contributed by atoms with Gasteiger partial charge in [-0.2, -0.15) is 0 Å². The first-order valence-electron chi connectivity index (χ1n) is 8.49. The molecular formula is C19H27N3O3. The molecule has 25 heavy (non-hydrogen) atoms. The summed E-state index contributed by atoms with van der Waals surface area (Å²) in [6.07, 6.45) is 1.54. The number of aliphatic imine (C=N–C) groups is 1. The fraction of sp³-hybridized carbons (Fsp3) is 0.421. The Morgan fingerprint density at radius 1 is 1.24 bits per heavy atom. The molecule has 3 N–H and O–H groups in total. The number of hydrogen-bond donors (Lipinski definition) is 3. The Bertz CT molecular complexity index is 649. The first-order valence-corrected chi connectivity index (χ1v) is 8.49. The van der Waals surface area contributed by atoms with Crippen molar-refractivity contribution in [2.24, 2.45) is 4.99 Å². The molecule has 1 aromatic heterocycles. The van der Waals surface area contributed by atoms with Gasteiger partial charge in [-0.15, -0.1) is 0 Å². The number of aliphatic hydroxyl groups is 1. The molecular weight excluding hydrogens is 318 g/mol. The van der Waals surface area contributed by atoms with Crippen molar-refractivity contribution < 1.29 is 14.3 Å². The van der Waals surface area contributed by atoms with Gasteiger partial charge in [0.25, 0.3) is 0 Å². The number of benzene rings is 1. The molecule has 0 aliphatic rings. The molecule has 1 heterocycles. The van der Waals surface area contributed by atoms with Crippen molar-refractivity contribution in [1.29, 1.82) is 0 Å². The van der Waals surface area contributed by atoms with Gasteiger partial charge in [-0.05, 0) is 45.0 Å². The molecule has 1 unspecified atom stereocenters. The Balaban J connectivity index is 1.82. The summed E-state index contributed by atoms with van der Waals surface area (Å²) in [7, 11) is 0. The summed E-state index contributed by atoms with van der Waals surface area (Å²) in [6, 6.07) is 11.4. The van der Waals surface area contributed by atoms with Crippen molar-refractivity contribution in [2.75, 3.05) is 26.2 Å². The zero-order valence-electron chi connectivity index (χ0n) is 15.1. The number of ether oxygens (including phenoxy) is 1. The number of aryl methyl sites for hydroxylation is 1. The summed E-state index contributed by atoms with van der Waals surface area (Å²) in [4.78, 5) is 4.43. The smallest absolute Gasteiger partial charge is 0.191 e. The maximum atomic E-state index is 10.5. The Labute approximate surface area is 148 Å². The molecule has 0 spiro atoms. The van der Waals surface area contributed by atoms with Crippen molar-refractivity contribution in [3.63, 3.8) is 0 Å². The van der Waals surface area contributed by atoms with Gasteiger partial charge >= 0.3 is 0 Å². The maximum absolute atomic E-state index is 10.5. The van der Waals surface area contributed by atoms with Crippen LogP contribution in [0, 0.1) is 6.92 Å². The van der Waals surface area contributed by atoms with Crippen LogP contribution in [0.3, 0.4) is 0 Å². The molecule has 1 atom stereocenters. The Morgan fingerprint density at radius 2 is 2.00 bits per heavy atom. The molecule has 0 radical (unpaired) electrons. The Kier molecular flexibility index (Phi) is 6.89. The first-order chi connectivity index (χ1) is 12.0. The molecule has 2 aromatic rings. The Morgan fingerprint density at radius 3 is 2.64 bits per heavy atom. The van der Waals surface area contributed by atoms with E-state index >= 15 is 0 Å². The van der Waals surface area contributed by atoms with Gasteiger partial charge in [-0.3, -0.25) is 0 Å². The van der Waals surface area contributed by atoms with Crippen molar-refractivity contribution >= 4 is 5.96 Å². The Hall–Kier alpha value is -2.47. The average Bonchev–Trinajstić information content (AvgIpc) is 3.13. The number of nitrogens with zero attached hydrogens (tertiary/aromatic N) is 1. The molecule has 0 aliphatic heterocycles. The first kappa shape index (κ1) is 18.9. The van der Waals surface area contributed by atoms with Crippen LogP contribution in [-0.2, 0) is 5.60 Å².